The highest BCUT2D eigenvalue weighted by Gasteiger charge is 2.33. The number of carbonyl (C=O) groups excluding carboxylic acids is 3. The third-order valence-corrected chi connectivity index (χ3v) is 7.07. The molecule has 0 radical (unpaired) electrons. The van der Waals surface area contributed by atoms with Crippen molar-refractivity contribution in [3.63, 3.8) is 0 Å². The maximum Gasteiger partial charge on any atom is 0.228 e. The van der Waals surface area contributed by atoms with Crippen molar-refractivity contribution >= 4 is 17.6 Å². The highest BCUT2D eigenvalue weighted by molar-refractivity contribution is 6.09. The number of primary amides is 2. The lowest BCUT2D eigenvalue weighted by molar-refractivity contribution is -0.139. The van der Waals surface area contributed by atoms with Gasteiger partial charge in [0.15, 0.2) is 5.78 Å². The van der Waals surface area contributed by atoms with E-state index in [1.807, 2.05) is 0 Å². The maximum absolute atomic E-state index is 12.9. The summed E-state index contributed by atoms with van der Waals surface area (Å²) in [7, 11) is 0. The van der Waals surface area contributed by atoms with Crippen LogP contribution in [0.4, 0.5) is 0 Å². The van der Waals surface area contributed by atoms with E-state index in [0.29, 0.717) is 12.8 Å². The Hall–Kier alpha value is -1.39. The Morgan fingerprint density at radius 1 is 0.441 bits per heavy atom. The second kappa shape index (κ2) is 23.4. The van der Waals surface area contributed by atoms with Crippen LogP contribution in [-0.2, 0) is 14.4 Å². The van der Waals surface area contributed by atoms with Crippen molar-refractivity contribution < 1.29 is 14.4 Å². The molecule has 0 aromatic heterocycles. The molecule has 2 unspecified atom stereocenters. The molecule has 0 heterocycles. The van der Waals surface area contributed by atoms with E-state index in [9.17, 15) is 14.4 Å². The zero-order chi connectivity index (χ0) is 25.4. The van der Waals surface area contributed by atoms with Crippen molar-refractivity contribution in [1.82, 2.24) is 0 Å². The van der Waals surface area contributed by atoms with Gasteiger partial charge in [-0.1, -0.05) is 142 Å². The normalized spacial score (nSPS) is 13.0. The van der Waals surface area contributed by atoms with Crippen LogP contribution in [0.15, 0.2) is 0 Å². The van der Waals surface area contributed by atoms with Crippen molar-refractivity contribution in [2.24, 2.45) is 23.3 Å². The highest BCUT2D eigenvalue weighted by atomic mass is 16.2. The Balaban J connectivity index is 4.14. The van der Waals surface area contributed by atoms with Crippen LogP contribution in [0.5, 0.6) is 0 Å². The second-order valence-electron chi connectivity index (χ2n) is 10.3. The maximum atomic E-state index is 12.9. The van der Waals surface area contributed by atoms with Crippen molar-refractivity contribution in [2.75, 3.05) is 0 Å². The smallest absolute Gasteiger partial charge is 0.228 e. The Labute approximate surface area is 210 Å². The molecular weight excluding hydrogens is 424 g/mol. The third kappa shape index (κ3) is 18.0. The molecule has 2 amide bonds. The molecule has 34 heavy (non-hydrogen) atoms. The van der Waals surface area contributed by atoms with E-state index in [1.165, 1.54) is 89.9 Å². The molecule has 0 saturated carbocycles. The largest absolute Gasteiger partial charge is 0.369 e. The summed E-state index contributed by atoms with van der Waals surface area (Å²) in [6.07, 6.45) is 24.7. The van der Waals surface area contributed by atoms with Gasteiger partial charge >= 0.3 is 0 Å². The SMILES string of the molecule is CCCCCCCCCCCCC(C(N)=O)C(=O)C(CCCCCCCCCCCC)C(N)=O. The van der Waals surface area contributed by atoms with E-state index < -0.39 is 23.7 Å². The van der Waals surface area contributed by atoms with Crippen LogP contribution in [0, 0.1) is 11.8 Å². The Bertz CT molecular complexity index is 478. The average molecular weight is 481 g/mol. The number of ketones is 1. The monoisotopic (exact) mass is 480 g/mol. The third-order valence-electron chi connectivity index (χ3n) is 7.07. The average Bonchev–Trinajstić information content (AvgIpc) is 2.80. The number of nitrogens with two attached hydrogens (primary N) is 2. The van der Waals surface area contributed by atoms with Gasteiger partial charge in [0.25, 0.3) is 0 Å². The van der Waals surface area contributed by atoms with Crippen LogP contribution < -0.4 is 11.5 Å². The molecule has 0 aromatic carbocycles. The molecule has 4 N–H and O–H groups in total. The molecule has 0 aliphatic carbocycles. The minimum atomic E-state index is -0.880. The number of hydrogen-bond donors (Lipinski definition) is 2. The molecule has 2 atom stereocenters. The van der Waals surface area contributed by atoms with E-state index in [0.717, 1.165) is 38.5 Å². The zero-order valence-corrected chi connectivity index (χ0v) is 22.6. The van der Waals surface area contributed by atoms with Gasteiger partial charge in [-0.05, 0) is 12.8 Å². The lowest BCUT2D eigenvalue weighted by atomic mass is 9.85. The van der Waals surface area contributed by atoms with E-state index in [2.05, 4.69) is 13.8 Å². The molecule has 0 spiro atoms. The number of unbranched alkanes of at least 4 members (excludes halogenated alkanes) is 18. The van der Waals surface area contributed by atoms with E-state index in [-0.39, 0.29) is 5.78 Å². The van der Waals surface area contributed by atoms with Gasteiger partial charge in [-0.15, -0.1) is 0 Å². The predicted molar refractivity (Wildman–Crippen MR) is 143 cm³/mol. The van der Waals surface area contributed by atoms with Crippen LogP contribution >= 0.6 is 0 Å². The Kier molecular flexibility index (Phi) is 22.4. The summed E-state index contributed by atoms with van der Waals surface area (Å²) in [4.78, 5) is 36.8. The number of rotatable bonds is 26. The van der Waals surface area contributed by atoms with E-state index >= 15 is 0 Å². The fourth-order valence-corrected chi connectivity index (χ4v) is 4.76. The molecule has 0 bridgehead atoms. The second-order valence-corrected chi connectivity index (χ2v) is 10.3. The standard InChI is InChI=1S/C29H56N2O3/c1-3-5-7-9-11-13-15-17-19-21-23-25(28(30)33)27(32)26(29(31)34)24-22-20-18-16-14-12-10-8-6-4-2/h25-26H,3-24H2,1-2H3,(H2,30,33)(H2,31,34). The number of Topliss-reactive ketones (excluding diaryl/α,β-unsaturated/α-hetero) is 1. The topological polar surface area (TPSA) is 103 Å². The van der Waals surface area contributed by atoms with E-state index in [1.54, 1.807) is 0 Å². The van der Waals surface area contributed by atoms with Crippen LogP contribution in [0.3, 0.4) is 0 Å². The van der Waals surface area contributed by atoms with Crippen molar-refractivity contribution in [2.45, 2.75) is 155 Å². The summed E-state index contributed by atoms with van der Waals surface area (Å²) >= 11 is 0. The summed E-state index contributed by atoms with van der Waals surface area (Å²) < 4.78 is 0. The fraction of sp³-hybridized carbons (Fsp3) is 0.897. The molecule has 0 fully saturated rings. The van der Waals surface area contributed by atoms with Gasteiger partial charge in [0, 0.05) is 0 Å². The summed E-state index contributed by atoms with van der Waals surface area (Å²) in [5, 5.41) is 0. The first-order chi connectivity index (χ1) is 16.5. The van der Waals surface area contributed by atoms with E-state index in [4.69, 9.17) is 11.5 Å². The molecule has 5 nitrogen and oxygen atoms in total. The van der Waals surface area contributed by atoms with Gasteiger partial charge < -0.3 is 11.5 Å². The van der Waals surface area contributed by atoms with Gasteiger partial charge in [-0.25, -0.2) is 0 Å². The summed E-state index contributed by atoms with van der Waals surface area (Å²) in [5.41, 5.74) is 11.1. The highest BCUT2D eigenvalue weighted by Crippen LogP contribution is 2.21. The Morgan fingerprint density at radius 3 is 0.912 bits per heavy atom. The first-order valence-electron chi connectivity index (χ1n) is 14.6. The lowest BCUT2D eigenvalue weighted by Crippen LogP contribution is -2.40. The zero-order valence-electron chi connectivity index (χ0n) is 22.6. The minimum Gasteiger partial charge on any atom is -0.369 e. The van der Waals surface area contributed by atoms with Crippen molar-refractivity contribution in [1.29, 1.82) is 0 Å². The first-order valence-corrected chi connectivity index (χ1v) is 14.6. The molecule has 0 aliphatic rings. The number of carbonyl (C=O) groups is 3. The molecule has 200 valence electrons. The van der Waals surface area contributed by atoms with Gasteiger partial charge in [-0.2, -0.15) is 0 Å². The first kappa shape index (κ1) is 32.6. The van der Waals surface area contributed by atoms with Crippen molar-refractivity contribution in [3.05, 3.63) is 0 Å². The van der Waals surface area contributed by atoms with Gasteiger partial charge in [0.2, 0.25) is 11.8 Å². The molecule has 0 saturated heterocycles. The fourth-order valence-electron chi connectivity index (χ4n) is 4.76. The van der Waals surface area contributed by atoms with Gasteiger partial charge in [0.1, 0.15) is 0 Å². The van der Waals surface area contributed by atoms with Gasteiger partial charge in [0.05, 0.1) is 11.8 Å². The predicted octanol–water partition coefficient (Wildman–Crippen LogP) is 7.38. The molecule has 0 aromatic rings. The molecule has 0 aliphatic heterocycles. The van der Waals surface area contributed by atoms with Gasteiger partial charge in [-0.3, -0.25) is 14.4 Å². The quantitative estimate of drug-likeness (QED) is 0.0996. The van der Waals surface area contributed by atoms with Crippen LogP contribution in [-0.4, -0.2) is 17.6 Å². The molecular formula is C29H56N2O3. The summed E-state index contributed by atoms with van der Waals surface area (Å²) in [5.74, 6) is -3.35. The van der Waals surface area contributed by atoms with Crippen molar-refractivity contribution in [3.8, 4) is 0 Å². The Morgan fingerprint density at radius 2 is 0.676 bits per heavy atom. The lowest BCUT2D eigenvalue weighted by Gasteiger charge is -2.18. The number of amides is 2. The van der Waals surface area contributed by atoms with Crippen LogP contribution in [0.1, 0.15) is 155 Å². The summed E-state index contributed by atoms with van der Waals surface area (Å²) in [6, 6.07) is 0. The molecule has 5 heteroatoms. The molecule has 0 rings (SSSR count). The summed E-state index contributed by atoms with van der Waals surface area (Å²) in [6.45, 7) is 4.46. The minimum absolute atomic E-state index is 0.355. The van der Waals surface area contributed by atoms with Crippen LogP contribution in [0.2, 0.25) is 0 Å². The number of hydrogen-bond acceptors (Lipinski definition) is 3. The van der Waals surface area contributed by atoms with Crippen LogP contribution in [0.25, 0.3) is 0 Å².